The first-order valence-electron chi connectivity index (χ1n) is 9.36. The highest BCUT2D eigenvalue weighted by Gasteiger charge is 2.22. The number of esters is 1. The Hall–Kier alpha value is -3.57. The summed E-state index contributed by atoms with van der Waals surface area (Å²) >= 11 is 3.28. The van der Waals surface area contributed by atoms with Crippen molar-refractivity contribution in [1.82, 2.24) is 0 Å². The van der Waals surface area contributed by atoms with Gasteiger partial charge in [-0.05, 0) is 49.4 Å². The maximum Gasteiger partial charge on any atom is 0.339 e. The Kier molecular flexibility index (Phi) is 7.24. The largest absolute Gasteiger partial charge is 0.451 e. The van der Waals surface area contributed by atoms with Crippen molar-refractivity contribution in [3.63, 3.8) is 0 Å². The van der Waals surface area contributed by atoms with Gasteiger partial charge in [0.2, 0.25) is 5.78 Å². The summed E-state index contributed by atoms with van der Waals surface area (Å²) in [6.45, 7) is 1.45. The Morgan fingerprint density at radius 1 is 0.970 bits per heavy atom. The van der Waals surface area contributed by atoms with Crippen LogP contribution < -0.4 is 4.18 Å². The van der Waals surface area contributed by atoms with E-state index in [1.165, 1.54) is 37.3 Å². The van der Waals surface area contributed by atoms with Crippen molar-refractivity contribution in [1.29, 1.82) is 0 Å². The van der Waals surface area contributed by atoms with Gasteiger partial charge in [0.05, 0.1) is 10.5 Å². The Labute approximate surface area is 197 Å². The van der Waals surface area contributed by atoms with Gasteiger partial charge in [0.15, 0.2) is 6.10 Å². The molecule has 3 aromatic carbocycles. The SMILES string of the molecule is CC(OC(=O)c1ccc(OS(=O)(=O)c2cccc([N+](=O)[O-])c2)cc1)C(=O)c1ccc(Br)cc1. The molecule has 1 atom stereocenters. The van der Waals surface area contributed by atoms with E-state index in [2.05, 4.69) is 15.9 Å². The molecule has 0 spiro atoms. The van der Waals surface area contributed by atoms with Crippen molar-refractivity contribution in [3.05, 3.63) is 98.5 Å². The topological polar surface area (TPSA) is 130 Å². The lowest BCUT2D eigenvalue weighted by Gasteiger charge is -2.13. The molecule has 0 heterocycles. The highest BCUT2D eigenvalue weighted by atomic mass is 79.9. The molecule has 33 heavy (non-hydrogen) atoms. The number of benzene rings is 3. The van der Waals surface area contributed by atoms with Crippen molar-refractivity contribution in [2.24, 2.45) is 0 Å². The van der Waals surface area contributed by atoms with E-state index in [1.54, 1.807) is 24.3 Å². The summed E-state index contributed by atoms with van der Waals surface area (Å²) < 4.78 is 35.8. The van der Waals surface area contributed by atoms with Gasteiger partial charge in [0, 0.05) is 22.2 Å². The first kappa shape index (κ1) is 24.1. The molecule has 3 aromatic rings. The molecule has 0 fully saturated rings. The fraction of sp³-hybridized carbons (Fsp3) is 0.0909. The fourth-order valence-corrected chi connectivity index (χ4v) is 3.94. The van der Waals surface area contributed by atoms with E-state index in [4.69, 9.17) is 8.92 Å². The number of ether oxygens (including phenoxy) is 1. The molecule has 0 aromatic heterocycles. The average Bonchev–Trinajstić information content (AvgIpc) is 2.79. The minimum Gasteiger partial charge on any atom is -0.451 e. The minimum atomic E-state index is -4.34. The lowest BCUT2D eigenvalue weighted by molar-refractivity contribution is -0.385. The highest BCUT2D eigenvalue weighted by Crippen LogP contribution is 2.23. The lowest BCUT2D eigenvalue weighted by Crippen LogP contribution is -2.24. The molecule has 0 amide bonds. The van der Waals surface area contributed by atoms with E-state index in [1.807, 2.05) is 0 Å². The Morgan fingerprint density at radius 2 is 1.58 bits per heavy atom. The van der Waals surface area contributed by atoms with E-state index in [9.17, 15) is 28.1 Å². The number of nitrogens with zero attached hydrogens (tertiary/aromatic N) is 1. The van der Waals surface area contributed by atoms with Crippen LogP contribution in [0.15, 0.2) is 82.2 Å². The third kappa shape index (κ3) is 6.02. The van der Waals surface area contributed by atoms with Crippen molar-refractivity contribution in [2.75, 3.05) is 0 Å². The molecule has 3 rings (SSSR count). The van der Waals surface area contributed by atoms with Gasteiger partial charge in [-0.25, -0.2) is 4.79 Å². The number of non-ortho nitro benzene ring substituents is 1. The van der Waals surface area contributed by atoms with Crippen molar-refractivity contribution in [2.45, 2.75) is 17.9 Å². The molecule has 11 heteroatoms. The zero-order valence-corrected chi connectivity index (χ0v) is 19.4. The summed E-state index contributed by atoms with van der Waals surface area (Å²) in [5, 5.41) is 10.9. The summed E-state index contributed by atoms with van der Waals surface area (Å²) in [4.78, 5) is 34.5. The first-order chi connectivity index (χ1) is 15.6. The third-order valence-electron chi connectivity index (χ3n) is 4.39. The number of hydrogen-bond acceptors (Lipinski definition) is 8. The van der Waals surface area contributed by atoms with Crippen LogP contribution in [0.4, 0.5) is 5.69 Å². The number of nitro groups is 1. The summed E-state index contributed by atoms with van der Waals surface area (Å²) in [5.41, 5.74) is 0.0590. The summed E-state index contributed by atoms with van der Waals surface area (Å²) in [6, 6.07) is 16.0. The van der Waals surface area contributed by atoms with E-state index in [0.29, 0.717) is 5.56 Å². The smallest absolute Gasteiger partial charge is 0.339 e. The van der Waals surface area contributed by atoms with Crippen molar-refractivity contribution < 1.29 is 31.9 Å². The molecular formula is C22H16BrNO8S. The second kappa shape index (κ2) is 9.92. The average molecular weight is 534 g/mol. The van der Waals surface area contributed by atoms with E-state index in [0.717, 1.165) is 22.7 Å². The summed E-state index contributed by atoms with van der Waals surface area (Å²) in [5.74, 6) is -1.27. The normalized spacial score (nSPS) is 11.9. The van der Waals surface area contributed by atoms with Gasteiger partial charge in [-0.2, -0.15) is 8.42 Å². The number of carbonyl (C=O) groups excluding carboxylic acids is 2. The summed E-state index contributed by atoms with van der Waals surface area (Å²) in [7, 11) is -4.34. The molecule has 0 N–H and O–H groups in total. The molecule has 0 saturated heterocycles. The molecule has 0 aliphatic rings. The van der Waals surface area contributed by atoms with Crippen LogP contribution in [0.3, 0.4) is 0 Å². The predicted molar refractivity (Wildman–Crippen MR) is 121 cm³/mol. The van der Waals surface area contributed by atoms with Crippen LogP contribution in [0.25, 0.3) is 0 Å². The van der Waals surface area contributed by atoms with Crippen LogP contribution in [-0.2, 0) is 14.9 Å². The van der Waals surface area contributed by atoms with Crippen molar-refractivity contribution in [3.8, 4) is 5.75 Å². The van der Waals surface area contributed by atoms with E-state index >= 15 is 0 Å². The Morgan fingerprint density at radius 3 is 2.18 bits per heavy atom. The zero-order valence-electron chi connectivity index (χ0n) is 17.0. The predicted octanol–water partition coefficient (Wildman–Crippen LogP) is 4.55. The molecule has 0 aliphatic carbocycles. The van der Waals surface area contributed by atoms with E-state index < -0.39 is 32.8 Å². The summed E-state index contributed by atoms with van der Waals surface area (Å²) in [6.07, 6.45) is -1.04. The van der Waals surface area contributed by atoms with Crippen LogP contribution in [0.1, 0.15) is 27.6 Å². The van der Waals surface area contributed by atoms with Crippen LogP contribution in [0, 0.1) is 10.1 Å². The zero-order chi connectivity index (χ0) is 24.2. The Bertz CT molecular complexity index is 1300. The van der Waals surface area contributed by atoms with Gasteiger partial charge >= 0.3 is 16.1 Å². The molecular weight excluding hydrogens is 518 g/mol. The number of hydrogen-bond donors (Lipinski definition) is 0. The molecule has 170 valence electrons. The molecule has 0 saturated carbocycles. The lowest BCUT2D eigenvalue weighted by atomic mass is 10.1. The number of carbonyl (C=O) groups is 2. The maximum absolute atomic E-state index is 12.4. The van der Waals surface area contributed by atoms with Gasteiger partial charge in [0.1, 0.15) is 10.6 Å². The number of halogens is 1. The van der Waals surface area contributed by atoms with E-state index in [-0.39, 0.29) is 22.0 Å². The van der Waals surface area contributed by atoms with Gasteiger partial charge in [-0.15, -0.1) is 0 Å². The van der Waals surface area contributed by atoms with Gasteiger partial charge < -0.3 is 8.92 Å². The van der Waals surface area contributed by atoms with Crippen LogP contribution in [-0.4, -0.2) is 31.2 Å². The second-order valence-electron chi connectivity index (χ2n) is 6.73. The highest BCUT2D eigenvalue weighted by molar-refractivity contribution is 9.10. The third-order valence-corrected chi connectivity index (χ3v) is 6.17. The number of ketones is 1. The minimum absolute atomic E-state index is 0.0746. The second-order valence-corrected chi connectivity index (χ2v) is 9.20. The number of Topliss-reactive ketones (excluding diaryl/α,β-unsaturated/α-hetero) is 1. The molecule has 0 bridgehead atoms. The number of rotatable bonds is 8. The van der Waals surface area contributed by atoms with Gasteiger partial charge in [-0.1, -0.05) is 34.1 Å². The van der Waals surface area contributed by atoms with Crippen molar-refractivity contribution >= 4 is 43.5 Å². The monoisotopic (exact) mass is 533 g/mol. The first-order valence-corrected chi connectivity index (χ1v) is 11.6. The van der Waals surface area contributed by atoms with Crippen LogP contribution in [0.5, 0.6) is 5.75 Å². The molecule has 0 aliphatic heterocycles. The quantitative estimate of drug-likeness (QED) is 0.135. The van der Waals surface area contributed by atoms with Gasteiger partial charge in [-0.3, -0.25) is 14.9 Å². The fourth-order valence-electron chi connectivity index (χ4n) is 2.70. The van der Waals surface area contributed by atoms with Gasteiger partial charge in [0.25, 0.3) is 5.69 Å². The molecule has 0 radical (unpaired) electrons. The standard InChI is InChI=1S/C22H16BrNO8S/c1-14(21(25)15-5-9-17(23)10-6-15)31-22(26)16-7-11-19(12-8-16)32-33(29,30)20-4-2-3-18(13-20)24(27)28/h2-14H,1H3. The maximum atomic E-state index is 12.4. The molecule has 1 unspecified atom stereocenters. The van der Waals surface area contributed by atoms with Crippen LogP contribution in [0.2, 0.25) is 0 Å². The van der Waals surface area contributed by atoms with Crippen LogP contribution >= 0.6 is 15.9 Å². The molecule has 9 nitrogen and oxygen atoms in total. The number of nitro benzene ring substituents is 1. The Balaban J connectivity index is 1.67.